The van der Waals surface area contributed by atoms with Gasteiger partial charge in [0.15, 0.2) is 0 Å². The molecule has 1 saturated heterocycles. The van der Waals surface area contributed by atoms with Crippen molar-refractivity contribution in [3.8, 4) is 5.75 Å². The number of ether oxygens (including phenoxy) is 1. The second-order valence-electron chi connectivity index (χ2n) is 5.26. The number of nitrogens with zero attached hydrogens (tertiary/aromatic N) is 1. The van der Waals surface area contributed by atoms with Gasteiger partial charge >= 0.3 is 0 Å². The average molecular weight is 327 g/mol. The maximum Gasteiger partial charge on any atom is 0.133 e. The molecule has 1 atom stereocenters. The monoisotopic (exact) mass is 326 g/mol. The molecule has 106 valence electrons. The standard InChI is InChI=1S/C15H23BrN2O/c1-12(11-18-7-3-4-8-18)17-10-13-5-6-15(19-2)14(16)9-13/h5-6,9,12,17H,3-4,7-8,10-11H2,1-2H3. The smallest absolute Gasteiger partial charge is 0.133 e. The zero-order chi connectivity index (χ0) is 13.7. The second-order valence-corrected chi connectivity index (χ2v) is 6.11. The van der Waals surface area contributed by atoms with Crippen molar-refractivity contribution in [3.05, 3.63) is 28.2 Å². The highest BCUT2D eigenvalue weighted by Gasteiger charge is 2.14. The van der Waals surface area contributed by atoms with Crippen LogP contribution in [0.3, 0.4) is 0 Å². The van der Waals surface area contributed by atoms with Gasteiger partial charge in [-0.2, -0.15) is 0 Å². The van der Waals surface area contributed by atoms with Crippen molar-refractivity contribution in [1.82, 2.24) is 10.2 Å². The molecule has 1 aromatic carbocycles. The number of hydrogen-bond donors (Lipinski definition) is 1. The number of halogens is 1. The van der Waals surface area contributed by atoms with E-state index in [2.05, 4.69) is 45.2 Å². The van der Waals surface area contributed by atoms with Gasteiger partial charge in [0.05, 0.1) is 11.6 Å². The Morgan fingerprint density at radius 3 is 2.74 bits per heavy atom. The summed E-state index contributed by atoms with van der Waals surface area (Å²) in [5, 5.41) is 3.59. The highest BCUT2D eigenvalue weighted by atomic mass is 79.9. The van der Waals surface area contributed by atoms with Gasteiger partial charge in [0.25, 0.3) is 0 Å². The summed E-state index contributed by atoms with van der Waals surface area (Å²) in [6.07, 6.45) is 2.72. The number of methoxy groups -OCH3 is 1. The van der Waals surface area contributed by atoms with E-state index in [9.17, 15) is 0 Å². The molecule has 1 N–H and O–H groups in total. The predicted octanol–water partition coefficient (Wildman–Crippen LogP) is 3.03. The minimum atomic E-state index is 0.527. The average Bonchev–Trinajstić information content (AvgIpc) is 2.89. The molecular formula is C15H23BrN2O. The molecule has 0 aliphatic carbocycles. The van der Waals surface area contributed by atoms with Crippen molar-refractivity contribution in [3.63, 3.8) is 0 Å². The van der Waals surface area contributed by atoms with Crippen LogP contribution in [0.5, 0.6) is 5.75 Å². The minimum Gasteiger partial charge on any atom is -0.496 e. The molecular weight excluding hydrogens is 304 g/mol. The molecule has 0 amide bonds. The van der Waals surface area contributed by atoms with Crippen LogP contribution < -0.4 is 10.1 Å². The summed E-state index contributed by atoms with van der Waals surface area (Å²) in [5.74, 6) is 0.883. The van der Waals surface area contributed by atoms with E-state index in [1.165, 1.54) is 31.5 Å². The van der Waals surface area contributed by atoms with E-state index in [-0.39, 0.29) is 0 Å². The van der Waals surface area contributed by atoms with Crippen molar-refractivity contribution in [2.75, 3.05) is 26.7 Å². The largest absolute Gasteiger partial charge is 0.496 e. The van der Waals surface area contributed by atoms with Crippen LogP contribution >= 0.6 is 15.9 Å². The second kappa shape index (κ2) is 7.27. The molecule has 1 heterocycles. The van der Waals surface area contributed by atoms with Crippen LogP contribution in [0.2, 0.25) is 0 Å². The van der Waals surface area contributed by atoms with Crippen molar-refractivity contribution in [2.24, 2.45) is 0 Å². The van der Waals surface area contributed by atoms with E-state index in [0.717, 1.165) is 23.3 Å². The number of nitrogens with one attached hydrogen (secondary N) is 1. The van der Waals surface area contributed by atoms with Crippen molar-refractivity contribution in [1.29, 1.82) is 0 Å². The van der Waals surface area contributed by atoms with Gasteiger partial charge in [-0.25, -0.2) is 0 Å². The Hall–Kier alpha value is -0.580. The Morgan fingerprint density at radius 1 is 1.37 bits per heavy atom. The van der Waals surface area contributed by atoms with Crippen molar-refractivity contribution < 1.29 is 4.74 Å². The lowest BCUT2D eigenvalue weighted by molar-refractivity contribution is 0.298. The lowest BCUT2D eigenvalue weighted by atomic mass is 10.2. The summed E-state index contributed by atoms with van der Waals surface area (Å²) in [6, 6.07) is 6.76. The number of hydrogen-bond acceptors (Lipinski definition) is 3. The van der Waals surface area contributed by atoms with Gasteiger partial charge in [-0.05, 0) is 66.5 Å². The lowest BCUT2D eigenvalue weighted by Gasteiger charge is -2.21. The molecule has 1 unspecified atom stereocenters. The normalized spacial score (nSPS) is 17.6. The van der Waals surface area contributed by atoms with E-state index in [0.29, 0.717) is 6.04 Å². The molecule has 0 aromatic heterocycles. The Labute approximate surface area is 124 Å². The van der Waals surface area contributed by atoms with Gasteiger partial charge in [-0.3, -0.25) is 0 Å². The SMILES string of the molecule is COc1ccc(CNC(C)CN2CCCC2)cc1Br. The van der Waals surface area contributed by atoms with Crippen LogP contribution in [0, 0.1) is 0 Å². The fourth-order valence-electron chi connectivity index (χ4n) is 2.53. The highest BCUT2D eigenvalue weighted by molar-refractivity contribution is 9.10. The molecule has 1 aliphatic rings. The summed E-state index contributed by atoms with van der Waals surface area (Å²) in [5.41, 5.74) is 1.28. The topological polar surface area (TPSA) is 24.5 Å². The first-order chi connectivity index (χ1) is 9.19. The fraction of sp³-hybridized carbons (Fsp3) is 0.600. The van der Waals surface area contributed by atoms with E-state index >= 15 is 0 Å². The third kappa shape index (κ3) is 4.48. The minimum absolute atomic E-state index is 0.527. The molecule has 0 spiro atoms. The molecule has 1 aliphatic heterocycles. The first-order valence-corrected chi connectivity index (χ1v) is 7.76. The van der Waals surface area contributed by atoms with Crippen LogP contribution in [0.1, 0.15) is 25.3 Å². The van der Waals surface area contributed by atoms with Crippen LogP contribution in [-0.4, -0.2) is 37.7 Å². The molecule has 1 aromatic rings. The summed E-state index contributed by atoms with van der Waals surface area (Å²) in [6.45, 7) is 6.84. The van der Waals surface area contributed by atoms with Crippen LogP contribution in [0.15, 0.2) is 22.7 Å². The molecule has 4 heteroatoms. The summed E-state index contributed by atoms with van der Waals surface area (Å²) >= 11 is 3.52. The summed E-state index contributed by atoms with van der Waals surface area (Å²) < 4.78 is 6.26. The van der Waals surface area contributed by atoms with E-state index in [4.69, 9.17) is 4.74 Å². The van der Waals surface area contributed by atoms with Gasteiger partial charge in [0.1, 0.15) is 5.75 Å². The van der Waals surface area contributed by atoms with E-state index in [1.807, 2.05) is 6.07 Å². The Bertz CT molecular complexity index is 405. The first kappa shape index (κ1) is 14.8. The van der Waals surface area contributed by atoms with Crippen molar-refractivity contribution in [2.45, 2.75) is 32.4 Å². The predicted molar refractivity (Wildman–Crippen MR) is 82.7 cm³/mol. The quantitative estimate of drug-likeness (QED) is 0.869. The van der Waals surface area contributed by atoms with Gasteiger partial charge in [-0.15, -0.1) is 0 Å². The van der Waals surface area contributed by atoms with Gasteiger partial charge < -0.3 is 15.0 Å². The van der Waals surface area contributed by atoms with Crippen LogP contribution in [0.4, 0.5) is 0 Å². The third-order valence-corrected chi connectivity index (χ3v) is 4.22. The Morgan fingerprint density at radius 2 is 2.11 bits per heavy atom. The molecule has 0 saturated carbocycles. The zero-order valence-electron chi connectivity index (χ0n) is 11.8. The lowest BCUT2D eigenvalue weighted by Crippen LogP contribution is -2.37. The summed E-state index contributed by atoms with van der Waals surface area (Å²) in [4.78, 5) is 2.54. The number of likely N-dealkylation sites (tertiary alicyclic amines) is 1. The zero-order valence-corrected chi connectivity index (χ0v) is 13.4. The van der Waals surface area contributed by atoms with Gasteiger partial charge in [-0.1, -0.05) is 6.07 Å². The van der Waals surface area contributed by atoms with E-state index in [1.54, 1.807) is 7.11 Å². The number of rotatable bonds is 6. The fourth-order valence-corrected chi connectivity index (χ4v) is 3.12. The molecule has 19 heavy (non-hydrogen) atoms. The summed E-state index contributed by atoms with van der Waals surface area (Å²) in [7, 11) is 1.69. The molecule has 3 nitrogen and oxygen atoms in total. The van der Waals surface area contributed by atoms with E-state index < -0.39 is 0 Å². The number of benzene rings is 1. The third-order valence-electron chi connectivity index (χ3n) is 3.60. The highest BCUT2D eigenvalue weighted by Crippen LogP contribution is 2.25. The first-order valence-electron chi connectivity index (χ1n) is 6.97. The molecule has 0 radical (unpaired) electrons. The Balaban J connectivity index is 1.79. The molecule has 0 bridgehead atoms. The molecule has 1 fully saturated rings. The van der Waals surface area contributed by atoms with Gasteiger partial charge in [0.2, 0.25) is 0 Å². The van der Waals surface area contributed by atoms with Gasteiger partial charge in [0, 0.05) is 19.1 Å². The van der Waals surface area contributed by atoms with Crippen molar-refractivity contribution >= 4 is 15.9 Å². The maximum atomic E-state index is 5.24. The van der Waals surface area contributed by atoms with Crippen LogP contribution in [0.25, 0.3) is 0 Å². The molecule has 2 rings (SSSR count). The van der Waals surface area contributed by atoms with Crippen LogP contribution in [-0.2, 0) is 6.54 Å². The maximum absolute atomic E-state index is 5.24. The Kier molecular flexibility index (Phi) is 5.67.